The predicted molar refractivity (Wildman–Crippen MR) is 80.1 cm³/mol. The smallest absolute Gasteiger partial charge is 0.241 e. The third-order valence-electron chi connectivity index (χ3n) is 2.95. The van der Waals surface area contributed by atoms with Gasteiger partial charge in [0.05, 0.1) is 23.7 Å². The molecule has 6 nitrogen and oxygen atoms in total. The summed E-state index contributed by atoms with van der Waals surface area (Å²) in [7, 11) is -3.71. The molecule has 0 atom stereocenters. The molecule has 0 aliphatic rings. The topological polar surface area (TPSA) is 92.4 Å². The van der Waals surface area contributed by atoms with Gasteiger partial charge in [0.1, 0.15) is 5.76 Å². The molecule has 1 heterocycles. The summed E-state index contributed by atoms with van der Waals surface area (Å²) in [5.74, 6) is 0.616. The van der Waals surface area contributed by atoms with Gasteiger partial charge >= 0.3 is 0 Å². The fourth-order valence-electron chi connectivity index (χ4n) is 1.83. The summed E-state index contributed by atoms with van der Waals surface area (Å²) >= 11 is 3.30. The van der Waals surface area contributed by atoms with Gasteiger partial charge in [0.15, 0.2) is 0 Å². The zero-order valence-corrected chi connectivity index (χ0v) is 14.0. The van der Waals surface area contributed by atoms with E-state index in [0.29, 0.717) is 27.1 Å². The molecule has 0 saturated carbocycles. The van der Waals surface area contributed by atoms with E-state index in [9.17, 15) is 13.5 Å². The average Bonchev–Trinajstić information content (AvgIpc) is 2.85. The standard InChI is InChI=1S/C13H15BrN2O4S/c1-8-3-11(16-20-8)6-15-21(18,19)13-5-10(7-17)4-12(14)9(13)2/h3-5,15,17H,6-7H2,1-2H3. The van der Waals surface area contributed by atoms with E-state index in [4.69, 9.17) is 4.52 Å². The number of aliphatic hydroxyl groups excluding tert-OH is 1. The normalized spacial score (nSPS) is 11.8. The minimum Gasteiger partial charge on any atom is -0.392 e. The van der Waals surface area contributed by atoms with E-state index < -0.39 is 10.0 Å². The lowest BCUT2D eigenvalue weighted by molar-refractivity contribution is 0.281. The number of sulfonamides is 1. The summed E-state index contributed by atoms with van der Waals surface area (Å²) in [5, 5.41) is 12.9. The van der Waals surface area contributed by atoms with Crippen LogP contribution in [-0.2, 0) is 23.2 Å². The van der Waals surface area contributed by atoms with Crippen molar-refractivity contribution in [2.45, 2.75) is 31.9 Å². The van der Waals surface area contributed by atoms with Gasteiger partial charge in [0.2, 0.25) is 10.0 Å². The van der Waals surface area contributed by atoms with Gasteiger partial charge in [-0.3, -0.25) is 0 Å². The molecule has 1 aromatic heterocycles. The van der Waals surface area contributed by atoms with E-state index in [0.717, 1.165) is 0 Å². The van der Waals surface area contributed by atoms with E-state index in [1.54, 1.807) is 26.0 Å². The molecule has 1 aromatic carbocycles. The summed E-state index contributed by atoms with van der Waals surface area (Å²) in [4.78, 5) is 0.126. The molecule has 0 saturated heterocycles. The monoisotopic (exact) mass is 374 g/mol. The Morgan fingerprint density at radius 1 is 1.33 bits per heavy atom. The maximum atomic E-state index is 12.4. The van der Waals surface area contributed by atoms with Crippen LogP contribution in [-0.4, -0.2) is 18.7 Å². The van der Waals surface area contributed by atoms with Crippen molar-refractivity contribution in [2.75, 3.05) is 0 Å². The summed E-state index contributed by atoms with van der Waals surface area (Å²) in [6, 6.07) is 4.81. The molecule has 2 N–H and O–H groups in total. The van der Waals surface area contributed by atoms with Crippen molar-refractivity contribution in [3.63, 3.8) is 0 Å². The summed E-state index contributed by atoms with van der Waals surface area (Å²) in [5.41, 5.74) is 1.60. The number of halogens is 1. The highest BCUT2D eigenvalue weighted by atomic mass is 79.9. The Bertz CT molecular complexity index is 756. The number of nitrogens with one attached hydrogen (secondary N) is 1. The lowest BCUT2D eigenvalue weighted by Gasteiger charge is -2.11. The fourth-order valence-corrected chi connectivity index (χ4v) is 3.78. The molecule has 0 fully saturated rings. The number of hydrogen-bond acceptors (Lipinski definition) is 5. The van der Waals surface area contributed by atoms with E-state index in [2.05, 4.69) is 25.8 Å². The Morgan fingerprint density at radius 3 is 2.62 bits per heavy atom. The lowest BCUT2D eigenvalue weighted by atomic mass is 10.2. The largest absolute Gasteiger partial charge is 0.392 e. The molecule has 114 valence electrons. The highest BCUT2D eigenvalue weighted by molar-refractivity contribution is 9.10. The number of hydrogen-bond donors (Lipinski definition) is 2. The van der Waals surface area contributed by atoms with E-state index in [-0.39, 0.29) is 18.0 Å². The van der Waals surface area contributed by atoms with Crippen LogP contribution in [0.1, 0.15) is 22.6 Å². The summed E-state index contributed by atoms with van der Waals surface area (Å²) in [6.45, 7) is 3.24. The first-order valence-corrected chi connectivity index (χ1v) is 8.43. The Kier molecular flexibility index (Phi) is 4.82. The SMILES string of the molecule is Cc1cc(CNS(=O)(=O)c2cc(CO)cc(Br)c2C)no1. The first-order valence-electron chi connectivity index (χ1n) is 6.15. The van der Waals surface area contributed by atoms with Crippen molar-refractivity contribution in [1.29, 1.82) is 0 Å². The van der Waals surface area contributed by atoms with E-state index in [1.807, 2.05) is 0 Å². The van der Waals surface area contributed by atoms with Crippen LogP contribution in [0.15, 0.2) is 32.1 Å². The Labute approximate surface area is 131 Å². The second-order valence-electron chi connectivity index (χ2n) is 4.61. The van der Waals surface area contributed by atoms with E-state index >= 15 is 0 Å². The van der Waals surface area contributed by atoms with Gasteiger partial charge in [-0.2, -0.15) is 0 Å². The molecule has 0 radical (unpaired) electrons. The minimum atomic E-state index is -3.71. The van der Waals surface area contributed by atoms with Crippen molar-refractivity contribution in [3.05, 3.63) is 45.3 Å². The zero-order valence-electron chi connectivity index (χ0n) is 11.6. The second kappa shape index (κ2) is 6.27. The van der Waals surface area contributed by atoms with Crippen LogP contribution < -0.4 is 4.72 Å². The molecule has 0 unspecified atom stereocenters. The summed E-state index contributed by atoms with van der Waals surface area (Å²) < 4.78 is 32.8. The van der Waals surface area contributed by atoms with Crippen LogP contribution >= 0.6 is 15.9 Å². The van der Waals surface area contributed by atoms with Crippen LogP contribution in [0.3, 0.4) is 0 Å². The highest BCUT2D eigenvalue weighted by Gasteiger charge is 2.19. The van der Waals surface area contributed by atoms with Gasteiger partial charge < -0.3 is 9.63 Å². The van der Waals surface area contributed by atoms with Crippen molar-refractivity contribution >= 4 is 26.0 Å². The van der Waals surface area contributed by atoms with Gasteiger partial charge in [-0.15, -0.1) is 0 Å². The van der Waals surface area contributed by atoms with Gasteiger partial charge in [-0.25, -0.2) is 13.1 Å². The first-order chi connectivity index (χ1) is 9.83. The molecule has 0 bridgehead atoms. The third kappa shape index (κ3) is 3.70. The maximum Gasteiger partial charge on any atom is 0.241 e. The number of benzene rings is 1. The predicted octanol–water partition coefficient (Wildman–Crippen LogP) is 2.02. The zero-order chi connectivity index (χ0) is 15.6. The van der Waals surface area contributed by atoms with Crippen LogP contribution in [0.25, 0.3) is 0 Å². The number of aryl methyl sites for hydroxylation is 1. The Balaban J connectivity index is 2.29. The number of rotatable bonds is 5. The number of aliphatic hydroxyl groups is 1. The van der Waals surface area contributed by atoms with Crippen LogP contribution in [0.4, 0.5) is 0 Å². The molecule has 0 aliphatic heterocycles. The molecule has 2 aromatic rings. The van der Waals surface area contributed by atoms with Crippen LogP contribution in [0, 0.1) is 13.8 Å². The third-order valence-corrected chi connectivity index (χ3v) is 5.30. The van der Waals surface area contributed by atoms with Gasteiger partial charge in [-0.05, 0) is 37.1 Å². The second-order valence-corrected chi connectivity index (χ2v) is 7.20. The van der Waals surface area contributed by atoms with Crippen molar-refractivity contribution in [3.8, 4) is 0 Å². The number of nitrogens with zero attached hydrogens (tertiary/aromatic N) is 1. The Morgan fingerprint density at radius 2 is 2.05 bits per heavy atom. The summed E-state index contributed by atoms with van der Waals surface area (Å²) in [6.07, 6.45) is 0. The highest BCUT2D eigenvalue weighted by Crippen LogP contribution is 2.26. The van der Waals surface area contributed by atoms with Crippen LogP contribution in [0.2, 0.25) is 0 Å². The first kappa shape index (κ1) is 16.2. The lowest BCUT2D eigenvalue weighted by Crippen LogP contribution is -2.24. The van der Waals surface area contributed by atoms with E-state index in [1.165, 1.54) is 6.07 Å². The quantitative estimate of drug-likeness (QED) is 0.834. The minimum absolute atomic E-state index is 0.0418. The van der Waals surface area contributed by atoms with Crippen molar-refractivity contribution < 1.29 is 18.0 Å². The maximum absolute atomic E-state index is 12.4. The molecular formula is C13H15BrN2O4S. The molecule has 8 heteroatoms. The van der Waals surface area contributed by atoms with Gasteiger partial charge in [-0.1, -0.05) is 21.1 Å². The Hall–Kier alpha value is -1.22. The van der Waals surface area contributed by atoms with Crippen LogP contribution in [0.5, 0.6) is 0 Å². The molecule has 0 amide bonds. The van der Waals surface area contributed by atoms with Crippen molar-refractivity contribution in [2.24, 2.45) is 0 Å². The molecule has 0 aliphatic carbocycles. The molecule has 21 heavy (non-hydrogen) atoms. The average molecular weight is 375 g/mol. The van der Waals surface area contributed by atoms with Gasteiger partial charge in [0.25, 0.3) is 0 Å². The molecule has 2 rings (SSSR count). The number of aromatic nitrogens is 1. The fraction of sp³-hybridized carbons (Fsp3) is 0.308. The molecular weight excluding hydrogens is 360 g/mol. The molecule has 0 spiro atoms. The van der Waals surface area contributed by atoms with Gasteiger partial charge in [0, 0.05) is 10.5 Å². The van der Waals surface area contributed by atoms with Crippen molar-refractivity contribution in [1.82, 2.24) is 9.88 Å².